The summed E-state index contributed by atoms with van der Waals surface area (Å²) < 4.78 is 38.0. The molecule has 2 unspecified atom stereocenters. The van der Waals surface area contributed by atoms with Crippen LogP contribution in [0, 0.1) is 4.91 Å². The third kappa shape index (κ3) is 2.84. The summed E-state index contributed by atoms with van der Waals surface area (Å²) in [6, 6.07) is 10.5. The Kier molecular flexibility index (Phi) is 4.01. The first kappa shape index (κ1) is 16.0. The zero-order valence-corrected chi connectivity index (χ0v) is 12.2. The molecule has 122 valence electrons. The Morgan fingerprint density at radius 1 is 1.04 bits per heavy atom. The summed E-state index contributed by atoms with van der Waals surface area (Å²) in [7, 11) is 0. The summed E-state index contributed by atoms with van der Waals surface area (Å²) >= 11 is 0. The molecule has 1 amide bonds. The summed E-state index contributed by atoms with van der Waals surface area (Å²) in [5.41, 5.74) is 0.892. The average Bonchev–Trinajstić information content (AvgIpc) is 2.59. The van der Waals surface area contributed by atoms with E-state index in [9.17, 15) is 22.9 Å². The minimum absolute atomic E-state index is 0.413. The average molecular weight is 332 g/mol. The smallest absolute Gasteiger partial charge is 0.283 e. The van der Waals surface area contributed by atoms with Crippen LogP contribution in [0.15, 0.2) is 58.7 Å². The molecule has 1 aliphatic heterocycles. The minimum Gasteiger partial charge on any atom is -0.283 e. The summed E-state index contributed by atoms with van der Waals surface area (Å²) in [5.74, 6) is -1.84. The first-order valence-electron chi connectivity index (χ1n) is 7.08. The molecule has 2 atom stereocenters. The molecule has 0 saturated heterocycles. The lowest BCUT2D eigenvalue weighted by molar-refractivity contribution is -0.137. The van der Waals surface area contributed by atoms with E-state index in [1.54, 1.807) is 30.5 Å². The van der Waals surface area contributed by atoms with E-state index in [0.717, 1.165) is 12.1 Å². The summed E-state index contributed by atoms with van der Waals surface area (Å²) in [6.45, 7) is 0. The first-order chi connectivity index (χ1) is 11.4. The van der Waals surface area contributed by atoms with Crippen LogP contribution in [0.25, 0.3) is 0 Å². The van der Waals surface area contributed by atoms with Gasteiger partial charge in [0, 0.05) is 11.4 Å². The first-order valence-corrected chi connectivity index (χ1v) is 7.08. The van der Waals surface area contributed by atoms with E-state index in [-0.39, 0.29) is 0 Å². The SMILES string of the molecule is O=NC(=O)C1c2ccccc2C=NC1c1ccc(C(F)(F)F)cc1. The summed E-state index contributed by atoms with van der Waals surface area (Å²) in [5, 5.41) is 2.50. The van der Waals surface area contributed by atoms with Crippen molar-refractivity contribution in [1.29, 1.82) is 0 Å². The zero-order chi connectivity index (χ0) is 17.3. The van der Waals surface area contributed by atoms with Crippen LogP contribution in [0.3, 0.4) is 0 Å². The van der Waals surface area contributed by atoms with Crippen molar-refractivity contribution in [2.45, 2.75) is 18.1 Å². The molecule has 7 heteroatoms. The van der Waals surface area contributed by atoms with Crippen LogP contribution in [-0.2, 0) is 11.0 Å². The van der Waals surface area contributed by atoms with Gasteiger partial charge in [0.1, 0.15) is 0 Å². The number of hydrogen-bond acceptors (Lipinski definition) is 3. The Balaban J connectivity index is 2.04. The highest BCUT2D eigenvalue weighted by molar-refractivity contribution is 5.93. The molecule has 0 fully saturated rings. The molecule has 24 heavy (non-hydrogen) atoms. The van der Waals surface area contributed by atoms with Crippen molar-refractivity contribution in [3.8, 4) is 0 Å². The Morgan fingerprint density at radius 2 is 1.71 bits per heavy atom. The quantitative estimate of drug-likeness (QED) is 0.772. The van der Waals surface area contributed by atoms with Gasteiger partial charge in [0.25, 0.3) is 5.91 Å². The number of alkyl halides is 3. The van der Waals surface area contributed by atoms with Gasteiger partial charge in [0.15, 0.2) is 0 Å². The van der Waals surface area contributed by atoms with Gasteiger partial charge in [-0.1, -0.05) is 36.4 Å². The van der Waals surface area contributed by atoms with Crippen molar-refractivity contribution in [3.63, 3.8) is 0 Å². The van der Waals surface area contributed by atoms with Gasteiger partial charge in [0.2, 0.25) is 0 Å². The van der Waals surface area contributed by atoms with Gasteiger partial charge in [0.05, 0.1) is 17.5 Å². The highest BCUT2D eigenvalue weighted by Gasteiger charge is 2.36. The molecule has 0 radical (unpaired) electrons. The number of aliphatic imine (C=N–C) groups is 1. The van der Waals surface area contributed by atoms with E-state index < -0.39 is 29.6 Å². The van der Waals surface area contributed by atoms with Crippen LogP contribution < -0.4 is 0 Å². The normalized spacial score (nSPS) is 19.6. The number of hydrogen-bond donors (Lipinski definition) is 0. The molecule has 1 heterocycles. The number of fused-ring (bicyclic) bond motifs is 1. The fraction of sp³-hybridized carbons (Fsp3) is 0.176. The van der Waals surface area contributed by atoms with Crippen LogP contribution in [0.4, 0.5) is 13.2 Å². The Morgan fingerprint density at radius 3 is 2.33 bits per heavy atom. The third-order valence-electron chi connectivity index (χ3n) is 3.96. The molecule has 0 aromatic heterocycles. The lowest BCUT2D eigenvalue weighted by atomic mass is 9.82. The van der Waals surface area contributed by atoms with E-state index in [1.165, 1.54) is 12.1 Å². The maximum atomic E-state index is 12.7. The fourth-order valence-corrected chi connectivity index (χ4v) is 2.80. The van der Waals surface area contributed by atoms with Gasteiger partial charge in [-0.3, -0.25) is 9.79 Å². The van der Waals surface area contributed by atoms with Crippen molar-refractivity contribution < 1.29 is 18.0 Å². The van der Waals surface area contributed by atoms with Gasteiger partial charge in [-0.2, -0.15) is 13.2 Å². The zero-order valence-electron chi connectivity index (χ0n) is 12.2. The maximum Gasteiger partial charge on any atom is 0.416 e. The molecule has 0 saturated carbocycles. The predicted octanol–water partition coefficient (Wildman–Crippen LogP) is 4.26. The highest BCUT2D eigenvalue weighted by Crippen LogP contribution is 2.40. The fourth-order valence-electron chi connectivity index (χ4n) is 2.80. The van der Waals surface area contributed by atoms with E-state index in [2.05, 4.69) is 10.2 Å². The van der Waals surface area contributed by atoms with Crippen molar-refractivity contribution >= 4 is 12.1 Å². The van der Waals surface area contributed by atoms with Gasteiger partial charge in [-0.05, 0) is 28.8 Å². The van der Waals surface area contributed by atoms with E-state index in [4.69, 9.17) is 0 Å². The van der Waals surface area contributed by atoms with Crippen molar-refractivity contribution in [2.75, 3.05) is 0 Å². The van der Waals surface area contributed by atoms with E-state index >= 15 is 0 Å². The second kappa shape index (κ2) is 5.99. The van der Waals surface area contributed by atoms with Gasteiger partial charge >= 0.3 is 6.18 Å². The number of carbonyl (C=O) groups excluding carboxylic acids is 1. The molecular weight excluding hydrogens is 321 g/mol. The van der Waals surface area contributed by atoms with Crippen molar-refractivity contribution in [2.24, 2.45) is 10.2 Å². The summed E-state index contributed by atoms with van der Waals surface area (Å²) in [4.78, 5) is 27.0. The minimum atomic E-state index is -4.44. The van der Waals surface area contributed by atoms with Crippen LogP contribution in [0.5, 0.6) is 0 Å². The second-order valence-corrected chi connectivity index (χ2v) is 5.38. The Labute approximate surface area is 135 Å². The molecule has 3 rings (SSSR count). The lowest BCUT2D eigenvalue weighted by Crippen LogP contribution is -2.22. The maximum absolute atomic E-state index is 12.7. The largest absolute Gasteiger partial charge is 0.416 e. The number of halogens is 3. The molecule has 0 N–H and O–H groups in total. The molecule has 0 bridgehead atoms. The standard InChI is InChI=1S/C17H11F3N2O2/c18-17(19,20)12-7-5-10(6-8-12)15-14(16(23)22-24)13-4-2-1-3-11(13)9-21-15/h1-9,14-15H. The number of benzene rings is 2. The monoisotopic (exact) mass is 332 g/mol. The topological polar surface area (TPSA) is 58.9 Å². The highest BCUT2D eigenvalue weighted by atomic mass is 19.4. The molecule has 2 aromatic rings. The molecule has 2 aromatic carbocycles. The summed E-state index contributed by atoms with van der Waals surface area (Å²) in [6.07, 6.45) is -2.90. The molecular formula is C17H11F3N2O2. The van der Waals surface area contributed by atoms with Crippen molar-refractivity contribution in [1.82, 2.24) is 0 Å². The van der Waals surface area contributed by atoms with Crippen LogP contribution >= 0.6 is 0 Å². The molecule has 1 aliphatic rings. The van der Waals surface area contributed by atoms with E-state index in [1.807, 2.05) is 0 Å². The number of nitrogens with zero attached hydrogens (tertiary/aromatic N) is 2. The van der Waals surface area contributed by atoms with Gasteiger partial charge in [-0.15, -0.1) is 4.91 Å². The molecule has 4 nitrogen and oxygen atoms in total. The van der Waals surface area contributed by atoms with Crippen LogP contribution in [-0.4, -0.2) is 12.1 Å². The number of carbonyl (C=O) groups is 1. The van der Waals surface area contributed by atoms with Gasteiger partial charge in [-0.25, -0.2) is 0 Å². The molecule has 0 aliphatic carbocycles. The van der Waals surface area contributed by atoms with Crippen LogP contribution in [0.2, 0.25) is 0 Å². The predicted molar refractivity (Wildman–Crippen MR) is 81.8 cm³/mol. The van der Waals surface area contributed by atoms with Crippen LogP contribution in [0.1, 0.15) is 34.2 Å². The third-order valence-corrected chi connectivity index (χ3v) is 3.96. The number of rotatable bonds is 2. The van der Waals surface area contributed by atoms with Gasteiger partial charge < -0.3 is 0 Å². The lowest BCUT2D eigenvalue weighted by Gasteiger charge is -2.26. The Hall–Kier alpha value is -2.83. The number of nitroso groups, excluding NO2 is 1. The van der Waals surface area contributed by atoms with E-state index in [0.29, 0.717) is 16.7 Å². The Bertz CT molecular complexity index is 813. The number of amides is 1. The van der Waals surface area contributed by atoms with Crippen molar-refractivity contribution in [3.05, 3.63) is 75.7 Å². The molecule has 0 spiro atoms. The second-order valence-electron chi connectivity index (χ2n) is 5.38.